The first kappa shape index (κ1) is 12.6. The van der Waals surface area contributed by atoms with E-state index in [0.29, 0.717) is 12.2 Å². The van der Waals surface area contributed by atoms with Crippen molar-refractivity contribution in [1.82, 2.24) is 4.98 Å². The van der Waals surface area contributed by atoms with E-state index in [1.54, 1.807) is 6.20 Å². The number of pyridine rings is 1. The molecule has 18 heavy (non-hydrogen) atoms. The number of ether oxygens (including phenoxy) is 1. The number of aromatic nitrogens is 1. The summed E-state index contributed by atoms with van der Waals surface area (Å²) in [4.78, 5) is 14.3. The molecule has 0 aliphatic heterocycles. The van der Waals surface area contributed by atoms with E-state index in [9.17, 15) is 4.79 Å². The fourth-order valence-electron chi connectivity index (χ4n) is 1.93. The minimum Gasteiger partial charge on any atom is -0.374 e. The van der Waals surface area contributed by atoms with Crippen molar-refractivity contribution in [3.05, 3.63) is 58.5 Å². The summed E-state index contributed by atoms with van der Waals surface area (Å²) >= 11 is 0. The van der Waals surface area contributed by atoms with Crippen LogP contribution in [0.5, 0.6) is 0 Å². The van der Waals surface area contributed by atoms with Crippen molar-refractivity contribution in [3.63, 3.8) is 0 Å². The van der Waals surface area contributed by atoms with Crippen molar-refractivity contribution in [2.75, 3.05) is 6.61 Å². The number of H-pyrrole nitrogens is 1. The van der Waals surface area contributed by atoms with Crippen molar-refractivity contribution in [1.29, 1.82) is 0 Å². The molecule has 1 heterocycles. The molecule has 0 amide bonds. The Balaban J connectivity index is 2.28. The Hall–Kier alpha value is -1.87. The van der Waals surface area contributed by atoms with Gasteiger partial charge in [-0.15, -0.1) is 0 Å². The van der Waals surface area contributed by atoms with Crippen LogP contribution in [-0.2, 0) is 4.74 Å². The fourth-order valence-corrected chi connectivity index (χ4v) is 1.93. The molecule has 1 atom stereocenters. The zero-order valence-electron chi connectivity index (χ0n) is 10.6. The van der Waals surface area contributed by atoms with Gasteiger partial charge in [0, 0.05) is 18.4 Å². The SMILES string of the molecule is CCO[C@@H](C)c1ccc(-c2ccc[nH]c2=O)cc1. The number of hydrogen-bond donors (Lipinski definition) is 1. The van der Waals surface area contributed by atoms with Crippen LogP contribution in [0.3, 0.4) is 0 Å². The molecule has 0 saturated heterocycles. The number of hydrogen-bond acceptors (Lipinski definition) is 2. The Morgan fingerprint density at radius 1 is 1.22 bits per heavy atom. The van der Waals surface area contributed by atoms with Crippen LogP contribution in [0, 0.1) is 0 Å². The van der Waals surface area contributed by atoms with E-state index in [-0.39, 0.29) is 11.7 Å². The van der Waals surface area contributed by atoms with Gasteiger partial charge in [0.15, 0.2) is 0 Å². The van der Waals surface area contributed by atoms with E-state index in [0.717, 1.165) is 11.1 Å². The molecule has 0 aliphatic rings. The van der Waals surface area contributed by atoms with Gasteiger partial charge in [-0.05, 0) is 37.1 Å². The van der Waals surface area contributed by atoms with Gasteiger partial charge in [0.1, 0.15) is 0 Å². The largest absolute Gasteiger partial charge is 0.374 e. The third kappa shape index (κ3) is 2.68. The van der Waals surface area contributed by atoms with Gasteiger partial charge in [-0.3, -0.25) is 4.79 Å². The third-order valence-corrected chi connectivity index (χ3v) is 2.93. The lowest BCUT2D eigenvalue weighted by atomic mass is 10.0. The lowest BCUT2D eigenvalue weighted by Gasteiger charge is -2.12. The summed E-state index contributed by atoms with van der Waals surface area (Å²) in [5.41, 5.74) is 2.66. The summed E-state index contributed by atoms with van der Waals surface area (Å²) in [6, 6.07) is 11.6. The number of benzene rings is 1. The predicted octanol–water partition coefficient (Wildman–Crippen LogP) is 3.14. The van der Waals surface area contributed by atoms with Crippen molar-refractivity contribution in [2.24, 2.45) is 0 Å². The van der Waals surface area contributed by atoms with Gasteiger partial charge in [-0.2, -0.15) is 0 Å². The van der Waals surface area contributed by atoms with Crippen molar-refractivity contribution in [2.45, 2.75) is 20.0 Å². The molecule has 2 aromatic rings. The molecule has 0 saturated carbocycles. The molecule has 0 spiro atoms. The molecule has 0 radical (unpaired) electrons. The van der Waals surface area contributed by atoms with Crippen LogP contribution >= 0.6 is 0 Å². The van der Waals surface area contributed by atoms with E-state index in [2.05, 4.69) is 4.98 Å². The Morgan fingerprint density at radius 2 is 1.94 bits per heavy atom. The normalized spacial score (nSPS) is 12.3. The highest BCUT2D eigenvalue weighted by molar-refractivity contribution is 5.62. The van der Waals surface area contributed by atoms with Gasteiger partial charge in [-0.25, -0.2) is 0 Å². The molecule has 3 heteroatoms. The zero-order valence-corrected chi connectivity index (χ0v) is 10.6. The third-order valence-electron chi connectivity index (χ3n) is 2.93. The van der Waals surface area contributed by atoms with Gasteiger partial charge in [-0.1, -0.05) is 24.3 Å². The second-order valence-corrected chi connectivity index (χ2v) is 4.13. The molecule has 1 aromatic heterocycles. The molecule has 3 nitrogen and oxygen atoms in total. The van der Waals surface area contributed by atoms with Gasteiger partial charge in [0.05, 0.1) is 6.10 Å². The van der Waals surface area contributed by atoms with E-state index in [1.165, 1.54) is 0 Å². The van der Waals surface area contributed by atoms with E-state index < -0.39 is 0 Å². The Bertz CT molecular complexity index is 557. The summed E-state index contributed by atoms with van der Waals surface area (Å²) in [5.74, 6) is 0. The minimum absolute atomic E-state index is 0.0666. The first-order valence-electron chi connectivity index (χ1n) is 6.12. The molecule has 0 unspecified atom stereocenters. The van der Waals surface area contributed by atoms with Crippen molar-refractivity contribution >= 4 is 0 Å². The molecular weight excluding hydrogens is 226 g/mol. The quantitative estimate of drug-likeness (QED) is 0.896. The Kier molecular flexibility index (Phi) is 3.95. The van der Waals surface area contributed by atoms with Crippen LogP contribution in [0.15, 0.2) is 47.4 Å². The maximum Gasteiger partial charge on any atom is 0.255 e. The molecule has 0 aliphatic carbocycles. The minimum atomic E-state index is -0.0666. The summed E-state index contributed by atoms with van der Waals surface area (Å²) in [6.07, 6.45) is 1.72. The molecule has 2 rings (SSSR count). The Labute approximate surface area is 106 Å². The van der Waals surface area contributed by atoms with Crippen LogP contribution in [0.1, 0.15) is 25.5 Å². The molecule has 1 N–H and O–H groups in total. The van der Waals surface area contributed by atoms with Gasteiger partial charge < -0.3 is 9.72 Å². The smallest absolute Gasteiger partial charge is 0.255 e. The highest BCUT2D eigenvalue weighted by atomic mass is 16.5. The molecule has 1 aromatic carbocycles. The average Bonchev–Trinajstić information content (AvgIpc) is 2.40. The summed E-state index contributed by atoms with van der Waals surface area (Å²) in [5, 5.41) is 0. The average molecular weight is 243 g/mol. The number of aromatic amines is 1. The first-order valence-corrected chi connectivity index (χ1v) is 6.12. The lowest BCUT2D eigenvalue weighted by Crippen LogP contribution is -2.07. The zero-order chi connectivity index (χ0) is 13.0. The number of nitrogens with one attached hydrogen (secondary N) is 1. The summed E-state index contributed by atoms with van der Waals surface area (Å²) in [6.45, 7) is 4.70. The summed E-state index contributed by atoms with van der Waals surface area (Å²) < 4.78 is 5.53. The maximum atomic E-state index is 11.7. The van der Waals surface area contributed by atoms with E-state index in [1.807, 2.05) is 50.2 Å². The summed E-state index contributed by atoms with van der Waals surface area (Å²) in [7, 11) is 0. The molecule has 0 bridgehead atoms. The topological polar surface area (TPSA) is 42.1 Å². The highest BCUT2D eigenvalue weighted by Crippen LogP contribution is 2.21. The molecule has 0 fully saturated rings. The second-order valence-electron chi connectivity index (χ2n) is 4.13. The number of rotatable bonds is 4. The Morgan fingerprint density at radius 3 is 2.56 bits per heavy atom. The second kappa shape index (κ2) is 5.65. The molecular formula is C15H17NO2. The fraction of sp³-hybridized carbons (Fsp3) is 0.267. The van der Waals surface area contributed by atoms with Crippen molar-refractivity contribution in [3.8, 4) is 11.1 Å². The van der Waals surface area contributed by atoms with Gasteiger partial charge in [0.2, 0.25) is 0 Å². The standard InChI is InChI=1S/C15H17NO2/c1-3-18-11(2)12-6-8-13(9-7-12)14-5-4-10-16-15(14)17/h4-11H,3H2,1-2H3,(H,16,17)/t11-/m0/s1. The van der Waals surface area contributed by atoms with Crippen molar-refractivity contribution < 1.29 is 4.74 Å². The lowest BCUT2D eigenvalue weighted by molar-refractivity contribution is 0.0764. The van der Waals surface area contributed by atoms with Crippen LogP contribution in [0.25, 0.3) is 11.1 Å². The van der Waals surface area contributed by atoms with Gasteiger partial charge in [0.25, 0.3) is 5.56 Å². The van der Waals surface area contributed by atoms with Crippen LogP contribution in [0.2, 0.25) is 0 Å². The monoisotopic (exact) mass is 243 g/mol. The molecule has 94 valence electrons. The first-order chi connectivity index (χ1) is 8.72. The van der Waals surface area contributed by atoms with Gasteiger partial charge >= 0.3 is 0 Å². The highest BCUT2D eigenvalue weighted by Gasteiger charge is 2.06. The predicted molar refractivity (Wildman–Crippen MR) is 72.5 cm³/mol. The van der Waals surface area contributed by atoms with Crippen LogP contribution in [-0.4, -0.2) is 11.6 Å². The van der Waals surface area contributed by atoms with Crippen LogP contribution < -0.4 is 5.56 Å². The van der Waals surface area contributed by atoms with E-state index >= 15 is 0 Å². The van der Waals surface area contributed by atoms with Crippen LogP contribution in [0.4, 0.5) is 0 Å². The van der Waals surface area contributed by atoms with E-state index in [4.69, 9.17) is 4.74 Å². The maximum absolute atomic E-state index is 11.7.